The summed E-state index contributed by atoms with van der Waals surface area (Å²) in [7, 11) is 0. The maximum atomic E-state index is 5.31. The van der Waals surface area contributed by atoms with Gasteiger partial charge in [-0.05, 0) is 44.0 Å². The first-order valence-corrected chi connectivity index (χ1v) is 6.50. The molecular formula is C14H18ClN3O. The van der Waals surface area contributed by atoms with Gasteiger partial charge in [0.25, 0.3) is 5.89 Å². The van der Waals surface area contributed by atoms with Crippen molar-refractivity contribution in [3.63, 3.8) is 0 Å². The summed E-state index contributed by atoms with van der Waals surface area (Å²) in [6, 6.07) is 9.90. The fourth-order valence-corrected chi connectivity index (χ4v) is 2.39. The summed E-state index contributed by atoms with van der Waals surface area (Å²) in [6.45, 7) is 2.20. The molecule has 4 nitrogen and oxygen atoms in total. The molecular weight excluding hydrogens is 262 g/mol. The van der Waals surface area contributed by atoms with E-state index < -0.39 is 0 Å². The SMILES string of the molecule is Cl.c1ccc(-c2nc(CC3CCCNC3)no2)cc1. The first kappa shape index (κ1) is 14.0. The van der Waals surface area contributed by atoms with Crippen LogP contribution >= 0.6 is 12.4 Å². The van der Waals surface area contributed by atoms with E-state index in [1.807, 2.05) is 30.3 Å². The summed E-state index contributed by atoms with van der Waals surface area (Å²) >= 11 is 0. The zero-order chi connectivity index (χ0) is 12.2. The summed E-state index contributed by atoms with van der Waals surface area (Å²) in [4.78, 5) is 4.47. The molecule has 0 bridgehead atoms. The van der Waals surface area contributed by atoms with Gasteiger partial charge >= 0.3 is 0 Å². The Morgan fingerprint density at radius 3 is 2.84 bits per heavy atom. The number of nitrogens with one attached hydrogen (secondary N) is 1. The second-order valence-corrected chi connectivity index (χ2v) is 4.80. The Labute approximate surface area is 119 Å². The quantitative estimate of drug-likeness (QED) is 0.939. The average Bonchev–Trinajstić information content (AvgIpc) is 2.89. The fourth-order valence-electron chi connectivity index (χ4n) is 2.39. The number of piperidine rings is 1. The van der Waals surface area contributed by atoms with Crippen LogP contribution in [-0.2, 0) is 6.42 Å². The second-order valence-electron chi connectivity index (χ2n) is 4.80. The van der Waals surface area contributed by atoms with Crippen LogP contribution in [-0.4, -0.2) is 23.2 Å². The highest BCUT2D eigenvalue weighted by atomic mass is 35.5. The van der Waals surface area contributed by atoms with Crippen LogP contribution in [0.5, 0.6) is 0 Å². The summed E-state index contributed by atoms with van der Waals surface area (Å²) < 4.78 is 5.31. The Morgan fingerprint density at radius 2 is 2.11 bits per heavy atom. The van der Waals surface area contributed by atoms with Crippen molar-refractivity contribution in [1.29, 1.82) is 0 Å². The van der Waals surface area contributed by atoms with Crippen LogP contribution < -0.4 is 5.32 Å². The van der Waals surface area contributed by atoms with Gasteiger partial charge in [0, 0.05) is 12.0 Å². The van der Waals surface area contributed by atoms with Gasteiger partial charge in [-0.3, -0.25) is 0 Å². The Balaban J connectivity index is 0.00000133. The van der Waals surface area contributed by atoms with Gasteiger partial charge in [0.1, 0.15) is 0 Å². The largest absolute Gasteiger partial charge is 0.334 e. The van der Waals surface area contributed by atoms with Crippen molar-refractivity contribution < 1.29 is 4.52 Å². The van der Waals surface area contributed by atoms with E-state index in [0.717, 1.165) is 30.9 Å². The molecule has 1 aromatic carbocycles. The van der Waals surface area contributed by atoms with E-state index >= 15 is 0 Å². The zero-order valence-corrected chi connectivity index (χ0v) is 11.5. The third-order valence-corrected chi connectivity index (χ3v) is 3.36. The standard InChI is InChI=1S/C14H17N3O.ClH/c1-2-6-12(7-3-1)14-16-13(17-18-14)9-11-5-4-8-15-10-11;/h1-3,6-7,11,15H,4-5,8-10H2;1H. The Bertz CT molecular complexity index is 494. The molecule has 1 N–H and O–H groups in total. The first-order chi connectivity index (χ1) is 8.92. The molecule has 1 aliphatic heterocycles. The molecule has 0 radical (unpaired) electrons. The molecule has 1 saturated heterocycles. The van der Waals surface area contributed by atoms with Gasteiger partial charge in [-0.1, -0.05) is 23.4 Å². The smallest absolute Gasteiger partial charge is 0.257 e. The molecule has 5 heteroatoms. The Kier molecular flexibility index (Phi) is 4.93. The number of aromatic nitrogens is 2. The lowest BCUT2D eigenvalue weighted by Gasteiger charge is -2.20. The van der Waals surface area contributed by atoms with Crippen LogP contribution in [0.25, 0.3) is 11.5 Å². The first-order valence-electron chi connectivity index (χ1n) is 6.50. The number of hydrogen-bond donors (Lipinski definition) is 1. The van der Waals surface area contributed by atoms with E-state index in [9.17, 15) is 0 Å². The van der Waals surface area contributed by atoms with E-state index in [-0.39, 0.29) is 12.4 Å². The van der Waals surface area contributed by atoms with Crippen LogP contribution in [0.2, 0.25) is 0 Å². The molecule has 3 rings (SSSR count). The molecule has 1 aliphatic rings. The molecule has 0 saturated carbocycles. The van der Waals surface area contributed by atoms with E-state index in [1.165, 1.54) is 12.8 Å². The minimum Gasteiger partial charge on any atom is -0.334 e. The molecule has 2 aromatic rings. The van der Waals surface area contributed by atoms with Gasteiger partial charge < -0.3 is 9.84 Å². The molecule has 19 heavy (non-hydrogen) atoms. The van der Waals surface area contributed by atoms with Gasteiger partial charge in [-0.15, -0.1) is 12.4 Å². The van der Waals surface area contributed by atoms with E-state index in [4.69, 9.17) is 4.52 Å². The van der Waals surface area contributed by atoms with Crippen molar-refractivity contribution in [3.05, 3.63) is 36.2 Å². The Morgan fingerprint density at radius 1 is 1.26 bits per heavy atom. The van der Waals surface area contributed by atoms with Crippen LogP contribution in [0.3, 0.4) is 0 Å². The zero-order valence-electron chi connectivity index (χ0n) is 10.7. The summed E-state index contributed by atoms with van der Waals surface area (Å²) in [5.74, 6) is 2.08. The predicted octanol–water partition coefficient (Wildman–Crippen LogP) is 2.70. The normalized spacial score (nSPS) is 18.8. The van der Waals surface area contributed by atoms with Gasteiger partial charge in [-0.25, -0.2) is 0 Å². The van der Waals surface area contributed by atoms with Gasteiger partial charge in [0.2, 0.25) is 0 Å². The molecule has 1 fully saturated rings. The molecule has 0 amide bonds. The molecule has 102 valence electrons. The average molecular weight is 280 g/mol. The lowest BCUT2D eigenvalue weighted by Crippen LogP contribution is -2.31. The second kappa shape index (κ2) is 6.68. The minimum atomic E-state index is 0. The van der Waals surface area contributed by atoms with Crippen molar-refractivity contribution in [2.45, 2.75) is 19.3 Å². The Hall–Kier alpha value is -1.39. The van der Waals surface area contributed by atoms with Crippen molar-refractivity contribution in [1.82, 2.24) is 15.5 Å². The highest BCUT2D eigenvalue weighted by Crippen LogP contribution is 2.19. The maximum absolute atomic E-state index is 5.31. The summed E-state index contributed by atoms with van der Waals surface area (Å²) in [5, 5.41) is 7.48. The van der Waals surface area contributed by atoms with Crippen molar-refractivity contribution >= 4 is 12.4 Å². The third-order valence-electron chi connectivity index (χ3n) is 3.36. The van der Waals surface area contributed by atoms with Crippen molar-refractivity contribution in [2.75, 3.05) is 13.1 Å². The molecule has 1 aromatic heterocycles. The topological polar surface area (TPSA) is 51.0 Å². The number of halogens is 1. The van der Waals surface area contributed by atoms with E-state index in [0.29, 0.717) is 11.8 Å². The van der Waals surface area contributed by atoms with Gasteiger partial charge in [0.15, 0.2) is 5.82 Å². The number of benzene rings is 1. The molecule has 0 aliphatic carbocycles. The van der Waals surface area contributed by atoms with Crippen LogP contribution in [0.4, 0.5) is 0 Å². The van der Waals surface area contributed by atoms with Crippen LogP contribution in [0.15, 0.2) is 34.9 Å². The molecule has 2 heterocycles. The number of rotatable bonds is 3. The van der Waals surface area contributed by atoms with Crippen LogP contribution in [0.1, 0.15) is 18.7 Å². The van der Waals surface area contributed by atoms with E-state index in [1.54, 1.807) is 0 Å². The lowest BCUT2D eigenvalue weighted by molar-refractivity contribution is 0.360. The number of hydrogen-bond acceptors (Lipinski definition) is 4. The number of nitrogens with zero attached hydrogens (tertiary/aromatic N) is 2. The summed E-state index contributed by atoms with van der Waals surface area (Å²) in [5.41, 5.74) is 0.984. The monoisotopic (exact) mass is 279 g/mol. The highest BCUT2D eigenvalue weighted by Gasteiger charge is 2.17. The van der Waals surface area contributed by atoms with Crippen LogP contribution in [0, 0.1) is 5.92 Å². The third kappa shape index (κ3) is 3.55. The molecule has 1 atom stereocenters. The molecule has 0 spiro atoms. The summed E-state index contributed by atoms with van der Waals surface area (Å²) in [6.07, 6.45) is 3.40. The highest BCUT2D eigenvalue weighted by molar-refractivity contribution is 5.85. The van der Waals surface area contributed by atoms with Crippen molar-refractivity contribution in [3.8, 4) is 11.5 Å². The van der Waals surface area contributed by atoms with Crippen molar-refractivity contribution in [2.24, 2.45) is 5.92 Å². The van der Waals surface area contributed by atoms with E-state index in [2.05, 4.69) is 15.5 Å². The van der Waals surface area contributed by atoms with Gasteiger partial charge in [-0.2, -0.15) is 4.98 Å². The lowest BCUT2D eigenvalue weighted by atomic mass is 9.96. The fraction of sp³-hybridized carbons (Fsp3) is 0.429. The van der Waals surface area contributed by atoms with Gasteiger partial charge in [0.05, 0.1) is 0 Å². The molecule has 1 unspecified atom stereocenters. The minimum absolute atomic E-state index is 0. The maximum Gasteiger partial charge on any atom is 0.257 e. The predicted molar refractivity (Wildman–Crippen MR) is 76.3 cm³/mol.